The molecule has 1 aliphatic heterocycles. The summed E-state index contributed by atoms with van der Waals surface area (Å²) in [6, 6.07) is 9.33. The Balaban J connectivity index is 1.57. The molecule has 0 aliphatic carbocycles. The number of aliphatic hydroxyl groups is 1. The minimum absolute atomic E-state index is 0.0160. The smallest absolute Gasteiger partial charge is 0.226 e. The fourth-order valence-electron chi connectivity index (χ4n) is 2.97. The Hall–Kier alpha value is -2.74. The number of likely N-dealkylation sites (tertiary alicyclic amines) is 1. The van der Waals surface area contributed by atoms with Crippen molar-refractivity contribution >= 4 is 11.8 Å². The number of aromatic amines is 1. The Morgan fingerprint density at radius 2 is 2.12 bits per heavy atom. The molecule has 0 spiro atoms. The van der Waals surface area contributed by atoms with Gasteiger partial charge in [0.1, 0.15) is 11.9 Å². The zero-order valence-corrected chi connectivity index (χ0v) is 14.8. The van der Waals surface area contributed by atoms with E-state index >= 15 is 0 Å². The first-order valence-corrected chi connectivity index (χ1v) is 8.66. The Morgan fingerprint density at radius 1 is 1.38 bits per heavy atom. The van der Waals surface area contributed by atoms with Crippen molar-refractivity contribution in [2.45, 2.75) is 39.0 Å². The van der Waals surface area contributed by atoms with Gasteiger partial charge in [0.2, 0.25) is 11.8 Å². The van der Waals surface area contributed by atoms with Crippen LogP contribution in [0.5, 0.6) is 0 Å². The number of nitrogens with one attached hydrogen (secondary N) is 2. The highest BCUT2D eigenvalue weighted by Gasteiger charge is 2.35. The van der Waals surface area contributed by atoms with Crippen LogP contribution in [-0.4, -0.2) is 43.5 Å². The van der Waals surface area contributed by atoms with Gasteiger partial charge in [-0.3, -0.25) is 14.7 Å². The molecule has 8 nitrogen and oxygen atoms in total. The molecule has 3 atom stereocenters. The third kappa shape index (κ3) is 4.08. The van der Waals surface area contributed by atoms with Crippen LogP contribution in [0, 0.1) is 5.92 Å². The predicted molar refractivity (Wildman–Crippen MR) is 93.5 cm³/mol. The van der Waals surface area contributed by atoms with Crippen LogP contribution in [-0.2, 0) is 16.1 Å². The van der Waals surface area contributed by atoms with E-state index in [1.165, 1.54) is 0 Å². The van der Waals surface area contributed by atoms with Gasteiger partial charge in [0.25, 0.3) is 0 Å². The highest BCUT2D eigenvalue weighted by Crippen LogP contribution is 2.21. The maximum atomic E-state index is 12.5. The van der Waals surface area contributed by atoms with Crippen molar-refractivity contribution < 1.29 is 14.7 Å². The highest BCUT2D eigenvalue weighted by atomic mass is 16.3. The van der Waals surface area contributed by atoms with E-state index in [9.17, 15) is 14.7 Å². The number of H-pyrrole nitrogens is 1. The summed E-state index contributed by atoms with van der Waals surface area (Å²) in [7, 11) is 0. The van der Waals surface area contributed by atoms with Gasteiger partial charge in [-0.25, -0.2) is 4.98 Å². The molecule has 1 aromatic carbocycles. The Morgan fingerprint density at radius 3 is 2.77 bits per heavy atom. The number of benzene rings is 1. The normalized spacial score (nSPS) is 19.4. The quantitative estimate of drug-likeness (QED) is 0.716. The summed E-state index contributed by atoms with van der Waals surface area (Å²) in [5.41, 5.74) is 1.04. The van der Waals surface area contributed by atoms with Crippen molar-refractivity contribution in [3.8, 4) is 0 Å². The zero-order chi connectivity index (χ0) is 18.7. The lowest BCUT2D eigenvalue weighted by atomic mass is 10.1. The summed E-state index contributed by atoms with van der Waals surface area (Å²) in [6.07, 6.45) is -0.567. The summed E-state index contributed by atoms with van der Waals surface area (Å²) in [6.45, 7) is 4.27. The average Bonchev–Trinajstić information content (AvgIpc) is 3.24. The van der Waals surface area contributed by atoms with Crippen LogP contribution in [0.25, 0.3) is 0 Å². The fourth-order valence-corrected chi connectivity index (χ4v) is 2.97. The van der Waals surface area contributed by atoms with Crippen molar-refractivity contribution in [2.75, 3.05) is 6.54 Å². The Bertz CT molecular complexity index is 774. The third-order valence-electron chi connectivity index (χ3n) is 4.46. The van der Waals surface area contributed by atoms with Crippen molar-refractivity contribution in [3.05, 3.63) is 47.5 Å². The van der Waals surface area contributed by atoms with Crippen LogP contribution in [0.2, 0.25) is 0 Å². The van der Waals surface area contributed by atoms with Gasteiger partial charge in [-0.2, -0.15) is 5.10 Å². The molecule has 2 amide bonds. The van der Waals surface area contributed by atoms with Gasteiger partial charge >= 0.3 is 0 Å². The molecule has 1 aliphatic rings. The standard InChI is InChI=1S/C18H23N5O3/c1-11(16-20-17(12(2)24)22-21-16)19-18(26)14-8-15(25)23(10-14)9-13-6-4-3-5-7-13/h3-7,11-12,14,24H,8-10H2,1-2H3,(H,19,26)(H,20,21,22). The molecule has 1 aromatic heterocycles. The van der Waals surface area contributed by atoms with Crippen LogP contribution in [0.1, 0.15) is 49.6 Å². The third-order valence-corrected chi connectivity index (χ3v) is 4.46. The first-order chi connectivity index (χ1) is 12.4. The van der Waals surface area contributed by atoms with E-state index in [2.05, 4.69) is 20.5 Å². The Labute approximate surface area is 151 Å². The molecule has 2 heterocycles. The second-order valence-electron chi connectivity index (χ2n) is 6.65. The minimum Gasteiger partial charge on any atom is -0.385 e. The van der Waals surface area contributed by atoms with E-state index in [-0.39, 0.29) is 36.0 Å². The van der Waals surface area contributed by atoms with Gasteiger partial charge in [0.15, 0.2) is 5.82 Å². The van der Waals surface area contributed by atoms with Crippen molar-refractivity contribution in [1.82, 2.24) is 25.4 Å². The molecule has 3 rings (SSSR count). The van der Waals surface area contributed by atoms with Crippen molar-refractivity contribution in [3.63, 3.8) is 0 Å². The SMILES string of the molecule is CC(O)c1n[nH]c(C(C)NC(=O)C2CC(=O)N(Cc3ccccc3)C2)n1. The average molecular weight is 357 g/mol. The maximum Gasteiger partial charge on any atom is 0.226 e. The fraction of sp³-hybridized carbons (Fsp3) is 0.444. The van der Waals surface area contributed by atoms with Crippen LogP contribution in [0.4, 0.5) is 0 Å². The predicted octanol–water partition coefficient (Wildman–Crippen LogP) is 1.08. The van der Waals surface area contributed by atoms with Crippen LogP contribution >= 0.6 is 0 Å². The van der Waals surface area contributed by atoms with Crippen LogP contribution in [0.15, 0.2) is 30.3 Å². The highest BCUT2D eigenvalue weighted by molar-refractivity contribution is 5.89. The van der Waals surface area contributed by atoms with Gasteiger partial charge in [-0.05, 0) is 19.4 Å². The molecule has 26 heavy (non-hydrogen) atoms. The second kappa shape index (κ2) is 7.65. The number of rotatable bonds is 6. The Kier molecular flexibility index (Phi) is 5.32. The van der Waals surface area contributed by atoms with Gasteiger partial charge < -0.3 is 15.3 Å². The van der Waals surface area contributed by atoms with E-state index in [0.717, 1.165) is 5.56 Å². The molecule has 0 saturated carbocycles. The number of carbonyl (C=O) groups excluding carboxylic acids is 2. The number of hydrogen-bond acceptors (Lipinski definition) is 5. The summed E-state index contributed by atoms with van der Waals surface area (Å²) >= 11 is 0. The number of carbonyl (C=O) groups is 2. The number of nitrogens with zero attached hydrogens (tertiary/aromatic N) is 3. The molecule has 0 bridgehead atoms. The minimum atomic E-state index is -0.776. The number of aliphatic hydroxyl groups excluding tert-OH is 1. The lowest BCUT2D eigenvalue weighted by Crippen LogP contribution is -2.34. The molecule has 3 N–H and O–H groups in total. The lowest BCUT2D eigenvalue weighted by molar-refractivity contribution is -0.129. The number of aromatic nitrogens is 3. The zero-order valence-electron chi connectivity index (χ0n) is 14.8. The first kappa shape index (κ1) is 18.1. The molecule has 138 valence electrons. The summed E-state index contributed by atoms with van der Waals surface area (Å²) in [4.78, 5) is 30.6. The maximum absolute atomic E-state index is 12.5. The first-order valence-electron chi connectivity index (χ1n) is 8.66. The molecule has 0 radical (unpaired) electrons. The van der Waals surface area contributed by atoms with Gasteiger partial charge in [0.05, 0.1) is 12.0 Å². The number of hydrogen-bond donors (Lipinski definition) is 3. The summed E-state index contributed by atoms with van der Waals surface area (Å²) in [5, 5.41) is 19.0. The van der Waals surface area contributed by atoms with Crippen LogP contribution < -0.4 is 5.32 Å². The van der Waals surface area contributed by atoms with Crippen molar-refractivity contribution in [2.24, 2.45) is 5.92 Å². The van der Waals surface area contributed by atoms with Crippen molar-refractivity contribution in [1.29, 1.82) is 0 Å². The summed E-state index contributed by atoms with van der Waals surface area (Å²) in [5.74, 6) is 0.174. The van der Waals surface area contributed by atoms with E-state index < -0.39 is 6.10 Å². The van der Waals surface area contributed by atoms with E-state index in [1.54, 1.807) is 18.7 Å². The molecular formula is C18H23N5O3. The molecule has 2 aromatic rings. The largest absolute Gasteiger partial charge is 0.385 e. The molecular weight excluding hydrogens is 334 g/mol. The summed E-state index contributed by atoms with van der Waals surface area (Å²) < 4.78 is 0. The van der Waals surface area contributed by atoms with E-state index in [1.807, 2.05) is 30.3 Å². The molecule has 8 heteroatoms. The van der Waals surface area contributed by atoms with E-state index in [4.69, 9.17) is 0 Å². The topological polar surface area (TPSA) is 111 Å². The van der Waals surface area contributed by atoms with Gasteiger partial charge in [-0.1, -0.05) is 30.3 Å². The second-order valence-corrected chi connectivity index (χ2v) is 6.65. The van der Waals surface area contributed by atoms with Gasteiger partial charge in [0, 0.05) is 19.5 Å². The van der Waals surface area contributed by atoms with E-state index in [0.29, 0.717) is 18.9 Å². The monoisotopic (exact) mass is 357 g/mol. The number of amides is 2. The van der Waals surface area contributed by atoms with Crippen LogP contribution in [0.3, 0.4) is 0 Å². The van der Waals surface area contributed by atoms with Gasteiger partial charge in [-0.15, -0.1) is 0 Å². The molecule has 1 saturated heterocycles. The molecule has 3 unspecified atom stereocenters. The molecule has 1 fully saturated rings. The lowest BCUT2D eigenvalue weighted by Gasteiger charge is -2.17.